The van der Waals surface area contributed by atoms with E-state index in [-0.39, 0.29) is 5.91 Å². The molecule has 106 valence electrons. The number of fused-ring (bicyclic) bond motifs is 1. The third-order valence-electron chi connectivity index (χ3n) is 3.99. The lowest BCUT2D eigenvalue weighted by atomic mass is 9.96. The highest BCUT2D eigenvalue weighted by Gasteiger charge is 2.26. The average molecular weight is 272 g/mol. The Morgan fingerprint density at radius 3 is 2.75 bits per heavy atom. The van der Waals surface area contributed by atoms with Crippen molar-refractivity contribution in [3.05, 3.63) is 30.1 Å². The van der Waals surface area contributed by atoms with Gasteiger partial charge in [0, 0.05) is 19.0 Å². The molecule has 3 N–H and O–H groups in total. The van der Waals surface area contributed by atoms with Crippen LogP contribution in [0.1, 0.15) is 31.5 Å². The lowest BCUT2D eigenvalue weighted by Crippen LogP contribution is -2.45. The van der Waals surface area contributed by atoms with E-state index in [1.165, 1.54) is 0 Å². The molecule has 2 heterocycles. The maximum Gasteiger partial charge on any atom is 0.239 e. The molecule has 0 bridgehead atoms. The summed E-state index contributed by atoms with van der Waals surface area (Å²) in [4.78, 5) is 21.8. The van der Waals surface area contributed by atoms with Crippen molar-refractivity contribution in [3.8, 4) is 0 Å². The molecule has 0 radical (unpaired) electrons. The van der Waals surface area contributed by atoms with Crippen LogP contribution < -0.4 is 5.73 Å². The van der Waals surface area contributed by atoms with E-state index in [9.17, 15) is 4.79 Å². The number of nitrogens with two attached hydrogens (primary N) is 1. The normalized spacial score (nSPS) is 18.4. The van der Waals surface area contributed by atoms with Gasteiger partial charge in [-0.2, -0.15) is 0 Å². The number of hydrogen-bond acceptors (Lipinski definition) is 3. The number of likely N-dealkylation sites (tertiary alicyclic amines) is 1. The Kier molecular flexibility index (Phi) is 3.44. The zero-order chi connectivity index (χ0) is 14.1. The van der Waals surface area contributed by atoms with E-state index in [2.05, 4.69) is 9.97 Å². The quantitative estimate of drug-likeness (QED) is 0.872. The summed E-state index contributed by atoms with van der Waals surface area (Å²) < 4.78 is 0. The molecule has 0 saturated carbocycles. The van der Waals surface area contributed by atoms with Gasteiger partial charge in [-0.15, -0.1) is 0 Å². The van der Waals surface area contributed by atoms with Crippen molar-refractivity contribution in [2.24, 2.45) is 5.73 Å². The molecule has 1 fully saturated rings. The first-order valence-electron chi connectivity index (χ1n) is 7.14. The molecule has 1 aromatic carbocycles. The van der Waals surface area contributed by atoms with Crippen molar-refractivity contribution in [1.82, 2.24) is 14.9 Å². The Hall–Kier alpha value is -1.88. The molecule has 1 atom stereocenters. The number of rotatable bonds is 2. The molecule has 1 aliphatic rings. The average Bonchev–Trinajstić information content (AvgIpc) is 2.90. The van der Waals surface area contributed by atoms with Gasteiger partial charge in [0.05, 0.1) is 17.1 Å². The Morgan fingerprint density at radius 2 is 2.10 bits per heavy atom. The van der Waals surface area contributed by atoms with Gasteiger partial charge in [-0.05, 0) is 31.9 Å². The van der Waals surface area contributed by atoms with Crippen molar-refractivity contribution >= 4 is 16.9 Å². The SMILES string of the molecule is C[C@@H](N)C(=O)N1CCC(c2nc3ccccc3[nH]2)CC1. The van der Waals surface area contributed by atoms with Crippen LogP contribution in [-0.4, -0.2) is 39.9 Å². The van der Waals surface area contributed by atoms with Crippen LogP contribution in [0.2, 0.25) is 0 Å². The van der Waals surface area contributed by atoms with Crippen LogP contribution >= 0.6 is 0 Å². The Bertz CT molecular complexity index is 578. The minimum atomic E-state index is -0.405. The van der Waals surface area contributed by atoms with E-state index in [0.29, 0.717) is 5.92 Å². The fraction of sp³-hybridized carbons (Fsp3) is 0.467. The van der Waals surface area contributed by atoms with Gasteiger partial charge < -0.3 is 15.6 Å². The number of carbonyl (C=O) groups excluding carboxylic acids is 1. The summed E-state index contributed by atoms with van der Waals surface area (Å²) in [6.45, 7) is 3.28. The summed E-state index contributed by atoms with van der Waals surface area (Å²) in [5.41, 5.74) is 7.74. The third-order valence-corrected chi connectivity index (χ3v) is 3.99. The number of aromatic nitrogens is 2. The predicted octanol–water partition coefficient (Wildman–Crippen LogP) is 1.62. The van der Waals surface area contributed by atoms with E-state index in [1.54, 1.807) is 6.92 Å². The fourth-order valence-electron chi connectivity index (χ4n) is 2.83. The molecule has 20 heavy (non-hydrogen) atoms. The van der Waals surface area contributed by atoms with Gasteiger partial charge >= 0.3 is 0 Å². The molecule has 1 amide bonds. The van der Waals surface area contributed by atoms with E-state index < -0.39 is 6.04 Å². The predicted molar refractivity (Wildman–Crippen MR) is 78.3 cm³/mol. The molecule has 1 saturated heterocycles. The first kappa shape index (κ1) is 13.1. The number of nitrogens with one attached hydrogen (secondary N) is 1. The highest BCUT2D eigenvalue weighted by atomic mass is 16.2. The summed E-state index contributed by atoms with van der Waals surface area (Å²) in [7, 11) is 0. The molecule has 0 unspecified atom stereocenters. The minimum absolute atomic E-state index is 0.0491. The van der Waals surface area contributed by atoms with Gasteiger partial charge in [-0.1, -0.05) is 12.1 Å². The third kappa shape index (κ3) is 2.41. The smallest absolute Gasteiger partial charge is 0.239 e. The zero-order valence-electron chi connectivity index (χ0n) is 11.7. The molecule has 0 spiro atoms. The molecule has 2 aromatic rings. The molecule has 5 heteroatoms. The van der Waals surface area contributed by atoms with Crippen molar-refractivity contribution in [3.63, 3.8) is 0 Å². The van der Waals surface area contributed by atoms with Crippen LogP contribution in [0.4, 0.5) is 0 Å². The van der Waals surface area contributed by atoms with Gasteiger partial charge in [-0.25, -0.2) is 4.98 Å². The number of H-pyrrole nitrogens is 1. The van der Waals surface area contributed by atoms with E-state index in [0.717, 1.165) is 42.8 Å². The van der Waals surface area contributed by atoms with Crippen molar-refractivity contribution < 1.29 is 4.79 Å². The van der Waals surface area contributed by atoms with Crippen LogP contribution in [0.25, 0.3) is 11.0 Å². The van der Waals surface area contributed by atoms with Gasteiger partial charge in [0.1, 0.15) is 5.82 Å². The highest BCUT2D eigenvalue weighted by Crippen LogP contribution is 2.27. The summed E-state index contributed by atoms with van der Waals surface area (Å²) in [5.74, 6) is 1.49. The summed E-state index contributed by atoms with van der Waals surface area (Å²) in [6, 6.07) is 7.66. The van der Waals surface area contributed by atoms with E-state index in [1.807, 2.05) is 29.2 Å². The number of para-hydroxylation sites is 2. The first-order chi connectivity index (χ1) is 9.65. The minimum Gasteiger partial charge on any atom is -0.342 e. The second-order valence-corrected chi connectivity index (χ2v) is 5.53. The largest absolute Gasteiger partial charge is 0.342 e. The molecule has 3 rings (SSSR count). The lowest BCUT2D eigenvalue weighted by molar-refractivity contribution is -0.133. The lowest BCUT2D eigenvalue weighted by Gasteiger charge is -2.32. The number of benzene rings is 1. The maximum atomic E-state index is 11.9. The second kappa shape index (κ2) is 5.25. The second-order valence-electron chi connectivity index (χ2n) is 5.53. The molecular weight excluding hydrogens is 252 g/mol. The highest BCUT2D eigenvalue weighted by molar-refractivity contribution is 5.81. The molecular formula is C15H20N4O. The summed E-state index contributed by atoms with van der Waals surface area (Å²) >= 11 is 0. The van der Waals surface area contributed by atoms with E-state index in [4.69, 9.17) is 5.73 Å². The number of aromatic amines is 1. The topological polar surface area (TPSA) is 75.0 Å². The fourth-order valence-corrected chi connectivity index (χ4v) is 2.83. The number of imidazole rings is 1. The van der Waals surface area contributed by atoms with Crippen LogP contribution in [0.3, 0.4) is 0 Å². The van der Waals surface area contributed by atoms with Crippen molar-refractivity contribution in [2.75, 3.05) is 13.1 Å². The first-order valence-corrected chi connectivity index (χ1v) is 7.14. The van der Waals surface area contributed by atoms with Crippen LogP contribution in [0, 0.1) is 0 Å². The van der Waals surface area contributed by atoms with E-state index >= 15 is 0 Å². The number of amides is 1. The summed E-state index contributed by atoms with van der Waals surface area (Å²) in [5, 5.41) is 0. The molecule has 1 aliphatic heterocycles. The number of hydrogen-bond donors (Lipinski definition) is 2. The Balaban J connectivity index is 1.70. The van der Waals surface area contributed by atoms with Crippen molar-refractivity contribution in [1.29, 1.82) is 0 Å². The number of carbonyl (C=O) groups is 1. The molecule has 5 nitrogen and oxygen atoms in total. The van der Waals surface area contributed by atoms with Crippen molar-refractivity contribution in [2.45, 2.75) is 31.7 Å². The molecule has 1 aromatic heterocycles. The van der Waals surface area contributed by atoms with Crippen LogP contribution in [0.15, 0.2) is 24.3 Å². The standard InChI is InChI=1S/C15H20N4O/c1-10(16)15(20)19-8-6-11(7-9-19)14-17-12-4-2-3-5-13(12)18-14/h2-5,10-11H,6-9,16H2,1H3,(H,17,18)/t10-/m1/s1. The van der Waals surface area contributed by atoms with Crippen LogP contribution in [-0.2, 0) is 4.79 Å². The molecule has 0 aliphatic carbocycles. The number of piperidine rings is 1. The van der Waals surface area contributed by atoms with Gasteiger partial charge in [0.15, 0.2) is 0 Å². The Labute approximate surface area is 118 Å². The van der Waals surface area contributed by atoms with Crippen LogP contribution in [0.5, 0.6) is 0 Å². The van der Waals surface area contributed by atoms with Gasteiger partial charge in [0.2, 0.25) is 5.91 Å². The van der Waals surface area contributed by atoms with Gasteiger partial charge in [-0.3, -0.25) is 4.79 Å². The number of nitrogens with zero attached hydrogens (tertiary/aromatic N) is 2. The monoisotopic (exact) mass is 272 g/mol. The summed E-state index contributed by atoms with van der Waals surface area (Å²) in [6.07, 6.45) is 1.89. The Morgan fingerprint density at radius 1 is 1.40 bits per heavy atom. The van der Waals surface area contributed by atoms with Gasteiger partial charge in [0.25, 0.3) is 0 Å². The zero-order valence-corrected chi connectivity index (χ0v) is 11.7. The maximum absolute atomic E-state index is 11.9.